The van der Waals surface area contributed by atoms with E-state index < -0.39 is 0 Å². The Morgan fingerprint density at radius 2 is 2.14 bits per heavy atom. The van der Waals surface area contributed by atoms with Gasteiger partial charge < -0.3 is 20.5 Å². The standard InChI is InChI=1S/C19H28BrN5O2S/c20-13-1-2-14-15(11-13)27-8-3-16-17(14)24-19(28-16)18(23-12-21)22-4-5-25-6-9-26-10-7-25/h1-2,11,18-19,22-24H,3-10,12,21H2. The Morgan fingerprint density at radius 1 is 1.29 bits per heavy atom. The van der Waals surface area contributed by atoms with Crippen molar-refractivity contribution in [2.24, 2.45) is 5.73 Å². The van der Waals surface area contributed by atoms with E-state index in [0.717, 1.165) is 61.6 Å². The van der Waals surface area contributed by atoms with E-state index in [1.807, 2.05) is 17.8 Å². The van der Waals surface area contributed by atoms with Crippen molar-refractivity contribution in [1.29, 1.82) is 0 Å². The number of halogens is 1. The van der Waals surface area contributed by atoms with E-state index in [1.165, 1.54) is 10.6 Å². The quantitative estimate of drug-likeness (QED) is 0.445. The summed E-state index contributed by atoms with van der Waals surface area (Å²) in [6, 6.07) is 6.22. The van der Waals surface area contributed by atoms with Crippen LogP contribution in [0, 0.1) is 0 Å². The molecule has 5 N–H and O–H groups in total. The van der Waals surface area contributed by atoms with Gasteiger partial charge in [-0.2, -0.15) is 0 Å². The predicted molar refractivity (Wildman–Crippen MR) is 117 cm³/mol. The fourth-order valence-corrected chi connectivity index (χ4v) is 5.36. The summed E-state index contributed by atoms with van der Waals surface area (Å²) in [6.45, 7) is 6.74. The van der Waals surface area contributed by atoms with Gasteiger partial charge >= 0.3 is 0 Å². The average Bonchev–Trinajstić information content (AvgIpc) is 3.05. The Balaban J connectivity index is 1.39. The second-order valence-electron chi connectivity index (χ2n) is 7.01. The smallest absolute Gasteiger partial charge is 0.129 e. The lowest BCUT2D eigenvalue weighted by molar-refractivity contribution is 0.0380. The Labute approximate surface area is 178 Å². The van der Waals surface area contributed by atoms with Crippen molar-refractivity contribution >= 4 is 33.4 Å². The molecule has 4 rings (SSSR count). The van der Waals surface area contributed by atoms with E-state index in [2.05, 4.69) is 48.9 Å². The lowest BCUT2D eigenvalue weighted by Crippen LogP contribution is -2.56. The molecule has 0 aromatic heterocycles. The van der Waals surface area contributed by atoms with Gasteiger partial charge in [0.05, 0.1) is 31.7 Å². The molecule has 1 saturated heterocycles. The van der Waals surface area contributed by atoms with Gasteiger partial charge in [-0.3, -0.25) is 15.5 Å². The molecule has 0 saturated carbocycles. The van der Waals surface area contributed by atoms with Gasteiger partial charge in [-0.15, -0.1) is 11.8 Å². The molecule has 0 spiro atoms. The highest BCUT2D eigenvalue weighted by Crippen LogP contribution is 2.43. The molecule has 3 aliphatic heterocycles. The number of nitrogens with two attached hydrogens (primary N) is 1. The zero-order valence-electron chi connectivity index (χ0n) is 15.9. The van der Waals surface area contributed by atoms with Crippen LogP contribution in [-0.2, 0) is 4.74 Å². The number of ether oxygens (including phenoxy) is 2. The van der Waals surface area contributed by atoms with E-state index in [1.54, 1.807) is 0 Å². The molecule has 3 aliphatic rings. The number of hydrogen-bond acceptors (Lipinski definition) is 8. The zero-order chi connectivity index (χ0) is 19.3. The molecule has 0 aliphatic carbocycles. The summed E-state index contributed by atoms with van der Waals surface area (Å²) in [5.41, 5.74) is 8.14. The van der Waals surface area contributed by atoms with Crippen LogP contribution in [0.2, 0.25) is 0 Å². The molecular weight excluding hydrogens is 442 g/mol. The molecular formula is C19H28BrN5O2S. The number of hydrogen-bond donors (Lipinski definition) is 4. The summed E-state index contributed by atoms with van der Waals surface area (Å²) < 4.78 is 12.4. The molecule has 9 heteroatoms. The summed E-state index contributed by atoms with van der Waals surface area (Å²) in [4.78, 5) is 3.79. The number of thioether (sulfide) groups is 1. The van der Waals surface area contributed by atoms with Gasteiger partial charge in [0, 0.05) is 54.2 Å². The first-order chi connectivity index (χ1) is 13.7. The minimum absolute atomic E-state index is 0.0859. The second kappa shape index (κ2) is 9.80. The van der Waals surface area contributed by atoms with Crippen LogP contribution < -0.4 is 26.4 Å². The normalized spacial score (nSPS) is 23.4. The number of fused-ring (bicyclic) bond motifs is 2. The highest BCUT2D eigenvalue weighted by molar-refractivity contribution is 9.10. The van der Waals surface area contributed by atoms with Crippen molar-refractivity contribution < 1.29 is 9.47 Å². The fourth-order valence-electron chi connectivity index (χ4n) is 3.72. The first-order valence-electron chi connectivity index (χ1n) is 9.80. The number of morpholine rings is 1. The maximum Gasteiger partial charge on any atom is 0.129 e. The van der Waals surface area contributed by atoms with E-state index >= 15 is 0 Å². The van der Waals surface area contributed by atoms with Gasteiger partial charge in [0.25, 0.3) is 0 Å². The molecule has 154 valence electrons. The highest BCUT2D eigenvalue weighted by atomic mass is 79.9. The number of nitrogens with one attached hydrogen (secondary N) is 3. The molecule has 3 heterocycles. The van der Waals surface area contributed by atoms with E-state index in [0.29, 0.717) is 13.3 Å². The van der Waals surface area contributed by atoms with Gasteiger partial charge in [-0.05, 0) is 18.2 Å². The van der Waals surface area contributed by atoms with Crippen molar-refractivity contribution in [2.75, 3.05) is 52.7 Å². The van der Waals surface area contributed by atoms with Gasteiger partial charge in [0.2, 0.25) is 0 Å². The monoisotopic (exact) mass is 469 g/mol. The Hall–Kier alpha value is -0.810. The molecule has 0 bridgehead atoms. The van der Waals surface area contributed by atoms with Crippen LogP contribution in [0.3, 0.4) is 0 Å². The van der Waals surface area contributed by atoms with Crippen molar-refractivity contribution in [1.82, 2.24) is 20.9 Å². The third-order valence-corrected chi connectivity index (χ3v) is 7.00. The lowest BCUT2D eigenvalue weighted by atomic mass is 10.1. The van der Waals surface area contributed by atoms with Gasteiger partial charge in [0.15, 0.2) is 0 Å². The van der Waals surface area contributed by atoms with Crippen molar-refractivity contribution in [3.63, 3.8) is 0 Å². The summed E-state index contributed by atoms with van der Waals surface area (Å²) in [5.74, 6) is 0.928. The molecule has 2 unspecified atom stereocenters. The lowest BCUT2D eigenvalue weighted by Gasteiger charge is -2.30. The van der Waals surface area contributed by atoms with Crippen LogP contribution in [0.25, 0.3) is 5.70 Å². The number of nitrogens with zero attached hydrogens (tertiary/aromatic N) is 1. The summed E-state index contributed by atoms with van der Waals surface area (Å²) >= 11 is 5.41. The molecule has 1 fully saturated rings. The van der Waals surface area contributed by atoms with Gasteiger partial charge in [0.1, 0.15) is 11.1 Å². The highest BCUT2D eigenvalue weighted by Gasteiger charge is 2.33. The van der Waals surface area contributed by atoms with Crippen LogP contribution >= 0.6 is 27.7 Å². The summed E-state index contributed by atoms with van der Waals surface area (Å²) in [6.07, 6.45) is 1.00. The van der Waals surface area contributed by atoms with Gasteiger partial charge in [-0.25, -0.2) is 0 Å². The first kappa shape index (κ1) is 20.5. The van der Waals surface area contributed by atoms with Crippen molar-refractivity contribution in [3.05, 3.63) is 33.1 Å². The number of benzene rings is 1. The van der Waals surface area contributed by atoms with Crippen LogP contribution in [0.15, 0.2) is 27.6 Å². The molecule has 28 heavy (non-hydrogen) atoms. The van der Waals surface area contributed by atoms with Crippen LogP contribution in [0.5, 0.6) is 5.75 Å². The molecule has 7 nitrogen and oxygen atoms in total. The molecule has 1 aromatic rings. The third kappa shape index (κ3) is 4.84. The SMILES string of the molecule is NCNC(NCCN1CCOCC1)C1NC2=C(CCOc3cc(Br)ccc32)S1. The fraction of sp³-hybridized carbons (Fsp3) is 0.579. The minimum atomic E-state index is 0.0859. The van der Waals surface area contributed by atoms with Crippen LogP contribution in [-0.4, -0.2) is 69.1 Å². The topological polar surface area (TPSA) is 83.8 Å². The Morgan fingerprint density at radius 3 is 2.96 bits per heavy atom. The molecule has 0 radical (unpaired) electrons. The van der Waals surface area contributed by atoms with Crippen LogP contribution in [0.1, 0.15) is 12.0 Å². The minimum Gasteiger partial charge on any atom is -0.492 e. The van der Waals surface area contributed by atoms with E-state index in [4.69, 9.17) is 15.2 Å². The first-order valence-corrected chi connectivity index (χ1v) is 11.5. The maximum absolute atomic E-state index is 5.95. The summed E-state index contributed by atoms with van der Waals surface area (Å²) in [7, 11) is 0. The molecule has 2 atom stereocenters. The van der Waals surface area contributed by atoms with E-state index in [-0.39, 0.29) is 11.5 Å². The van der Waals surface area contributed by atoms with Crippen molar-refractivity contribution in [2.45, 2.75) is 18.0 Å². The Bertz CT molecular complexity index is 714. The van der Waals surface area contributed by atoms with Crippen molar-refractivity contribution in [3.8, 4) is 5.75 Å². The molecule has 1 aromatic carbocycles. The third-order valence-electron chi connectivity index (χ3n) is 5.17. The number of rotatable bonds is 7. The van der Waals surface area contributed by atoms with Crippen LogP contribution in [0.4, 0.5) is 0 Å². The largest absolute Gasteiger partial charge is 0.492 e. The molecule has 0 amide bonds. The average molecular weight is 470 g/mol. The maximum atomic E-state index is 5.95. The zero-order valence-corrected chi connectivity index (χ0v) is 18.3. The van der Waals surface area contributed by atoms with E-state index in [9.17, 15) is 0 Å². The summed E-state index contributed by atoms with van der Waals surface area (Å²) in [5, 5.41) is 10.9. The van der Waals surface area contributed by atoms with Gasteiger partial charge in [-0.1, -0.05) is 15.9 Å². The Kier molecular flexibility index (Phi) is 7.16. The predicted octanol–water partition coefficient (Wildman–Crippen LogP) is 1.32. The second-order valence-corrected chi connectivity index (χ2v) is 9.17.